The number of benzene rings is 1. The summed E-state index contributed by atoms with van der Waals surface area (Å²) in [5.74, 6) is 0.342. The van der Waals surface area contributed by atoms with Crippen LogP contribution in [-0.2, 0) is 4.79 Å². The summed E-state index contributed by atoms with van der Waals surface area (Å²) in [6.45, 7) is 0. The lowest BCUT2D eigenvalue weighted by molar-refractivity contribution is -0.117. The molecule has 0 heterocycles. The van der Waals surface area contributed by atoms with Gasteiger partial charge in [0.05, 0.1) is 0 Å². The van der Waals surface area contributed by atoms with Crippen LogP contribution >= 0.6 is 12.6 Å². The van der Waals surface area contributed by atoms with E-state index >= 15 is 0 Å². The van der Waals surface area contributed by atoms with Gasteiger partial charge in [-0.1, -0.05) is 6.07 Å². The van der Waals surface area contributed by atoms with Crippen LogP contribution in [0.25, 0.3) is 0 Å². The summed E-state index contributed by atoms with van der Waals surface area (Å²) in [6.07, 6.45) is 2.60. The van der Waals surface area contributed by atoms with E-state index in [2.05, 4.69) is 17.9 Å². The number of hydrogen-bond donors (Lipinski definition) is 2. The highest BCUT2D eigenvalue weighted by Gasteiger charge is 2.42. The molecule has 2 rings (SSSR count). The van der Waals surface area contributed by atoms with Crippen LogP contribution in [0.4, 0.5) is 10.1 Å². The number of carbonyl (C=O) groups is 1. The average molecular weight is 239 g/mol. The van der Waals surface area contributed by atoms with Crippen LogP contribution in [0.15, 0.2) is 24.3 Å². The van der Waals surface area contributed by atoms with E-state index in [-0.39, 0.29) is 17.1 Å². The predicted molar refractivity (Wildman–Crippen MR) is 65.2 cm³/mol. The Morgan fingerprint density at radius 3 is 2.81 bits per heavy atom. The van der Waals surface area contributed by atoms with Crippen LogP contribution in [0, 0.1) is 11.2 Å². The van der Waals surface area contributed by atoms with Gasteiger partial charge in [-0.3, -0.25) is 4.79 Å². The topological polar surface area (TPSA) is 29.1 Å². The number of rotatable bonds is 4. The number of halogens is 1. The minimum atomic E-state index is -0.340. The van der Waals surface area contributed by atoms with Gasteiger partial charge in [0.15, 0.2) is 0 Å². The van der Waals surface area contributed by atoms with Gasteiger partial charge < -0.3 is 5.32 Å². The monoisotopic (exact) mass is 239 g/mol. The first-order valence-corrected chi connectivity index (χ1v) is 5.93. The molecule has 0 saturated heterocycles. The largest absolute Gasteiger partial charge is 0.326 e. The minimum Gasteiger partial charge on any atom is -0.326 e. The summed E-state index contributed by atoms with van der Waals surface area (Å²) in [4.78, 5) is 11.7. The normalized spacial score (nSPS) is 16.9. The molecule has 16 heavy (non-hydrogen) atoms. The summed E-state index contributed by atoms with van der Waals surface area (Å²) in [7, 11) is 0. The molecule has 0 bridgehead atoms. The van der Waals surface area contributed by atoms with Gasteiger partial charge in [0.2, 0.25) is 5.91 Å². The van der Waals surface area contributed by atoms with Crippen molar-refractivity contribution in [1.82, 2.24) is 0 Å². The highest BCUT2D eigenvalue weighted by atomic mass is 32.1. The van der Waals surface area contributed by atoms with E-state index in [9.17, 15) is 9.18 Å². The molecular formula is C12H14FNOS. The van der Waals surface area contributed by atoms with Crippen LogP contribution < -0.4 is 5.32 Å². The number of carbonyl (C=O) groups excluding carboxylic acids is 1. The molecule has 0 unspecified atom stereocenters. The quantitative estimate of drug-likeness (QED) is 0.777. The second-order valence-corrected chi connectivity index (χ2v) is 4.71. The van der Waals surface area contributed by atoms with Crippen molar-refractivity contribution in [3.63, 3.8) is 0 Å². The van der Waals surface area contributed by atoms with Crippen LogP contribution in [-0.4, -0.2) is 11.7 Å². The molecule has 1 amide bonds. The molecule has 1 saturated carbocycles. The molecule has 1 aromatic rings. The third-order valence-corrected chi connectivity index (χ3v) is 3.61. The zero-order chi connectivity index (χ0) is 11.6. The fraction of sp³-hybridized carbons (Fsp3) is 0.417. The lowest BCUT2D eigenvalue weighted by Crippen LogP contribution is -2.18. The average Bonchev–Trinajstić information content (AvgIpc) is 2.98. The maximum absolute atomic E-state index is 12.9. The van der Waals surface area contributed by atoms with Crippen molar-refractivity contribution in [1.29, 1.82) is 0 Å². The number of nitrogens with one attached hydrogen (secondary N) is 1. The molecule has 1 fully saturated rings. The molecule has 1 aliphatic carbocycles. The van der Waals surface area contributed by atoms with Gasteiger partial charge in [0, 0.05) is 12.1 Å². The fourth-order valence-corrected chi connectivity index (χ4v) is 2.11. The Labute approximate surface area is 99.6 Å². The van der Waals surface area contributed by atoms with Crippen molar-refractivity contribution in [2.75, 3.05) is 11.1 Å². The smallest absolute Gasteiger partial charge is 0.224 e. The van der Waals surface area contributed by atoms with Gasteiger partial charge >= 0.3 is 0 Å². The van der Waals surface area contributed by atoms with Gasteiger partial charge in [-0.2, -0.15) is 12.6 Å². The van der Waals surface area contributed by atoms with Gasteiger partial charge in [-0.05, 0) is 42.2 Å². The van der Waals surface area contributed by atoms with Crippen molar-refractivity contribution >= 4 is 24.2 Å². The molecule has 1 aromatic carbocycles. The van der Waals surface area contributed by atoms with Crippen LogP contribution in [0.2, 0.25) is 0 Å². The Kier molecular flexibility index (Phi) is 3.19. The zero-order valence-corrected chi connectivity index (χ0v) is 9.77. The molecule has 2 nitrogen and oxygen atoms in total. The maximum atomic E-state index is 12.9. The minimum absolute atomic E-state index is 0.0582. The molecular weight excluding hydrogens is 225 g/mol. The van der Waals surface area contributed by atoms with Gasteiger partial charge in [-0.15, -0.1) is 0 Å². The third-order valence-electron chi connectivity index (χ3n) is 2.94. The Bertz CT molecular complexity index is 404. The highest BCUT2D eigenvalue weighted by Crippen LogP contribution is 2.49. The van der Waals surface area contributed by atoms with E-state index in [0.29, 0.717) is 12.1 Å². The molecule has 1 aliphatic rings. The summed E-state index contributed by atoms with van der Waals surface area (Å²) in [6, 6.07) is 5.93. The Hall–Kier alpha value is -1.03. The number of anilines is 1. The number of amides is 1. The fourth-order valence-electron chi connectivity index (χ4n) is 1.68. The molecule has 0 aromatic heterocycles. The van der Waals surface area contributed by atoms with Crippen LogP contribution in [0.3, 0.4) is 0 Å². The summed E-state index contributed by atoms with van der Waals surface area (Å²) in [5.41, 5.74) is 0.612. The van der Waals surface area contributed by atoms with Crippen molar-refractivity contribution in [2.45, 2.75) is 19.3 Å². The second-order valence-electron chi connectivity index (χ2n) is 4.39. The van der Waals surface area contributed by atoms with Crippen molar-refractivity contribution in [3.8, 4) is 0 Å². The van der Waals surface area contributed by atoms with E-state index in [0.717, 1.165) is 18.6 Å². The van der Waals surface area contributed by atoms with Crippen LogP contribution in [0.1, 0.15) is 19.3 Å². The van der Waals surface area contributed by atoms with Crippen LogP contribution in [0.5, 0.6) is 0 Å². The Balaban J connectivity index is 1.92. The number of hydrogen-bond acceptors (Lipinski definition) is 2. The first kappa shape index (κ1) is 11.5. The first-order chi connectivity index (χ1) is 7.63. The van der Waals surface area contributed by atoms with Gasteiger partial charge in [-0.25, -0.2) is 4.39 Å². The van der Waals surface area contributed by atoms with E-state index < -0.39 is 0 Å². The number of thiol groups is 1. The lowest BCUT2D eigenvalue weighted by atomic mass is 10.1. The van der Waals surface area contributed by atoms with Crippen molar-refractivity contribution in [2.24, 2.45) is 5.41 Å². The molecule has 86 valence electrons. The predicted octanol–water partition coefficient (Wildman–Crippen LogP) is 2.86. The highest BCUT2D eigenvalue weighted by molar-refractivity contribution is 7.80. The van der Waals surface area contributed by atoms with Crippen molar-refractivity contribution < 1.29 is 9.18 Å². The SMILES string of the molecule is O=C(CC1(CS)CC1)Nc1cccc(F)c1. The zero-order valence-electron chi connectivity index (χ0n) is 8.87. The standard InChI is InChI=1S/C12H14FNOS/c13-9-2-1-3-10(6-9)14-11(15)7-12(8-16)4-5-12/h1-3,6,16H,4-5,7-8H2,(H,14,15). The van der Waals surface area contributed by atoms with E-state index in [1.165, 1.54) is 12.1 Å². The Morgan fingerprint density at radius 1 is 1.50 bits per heavy atom. The lowest BCUT2D eigenvalue weighted by Gasteiger charge is -2.11. The Morgan fingerprint density at radius 2 is 2.25 bits per heavy atom. The molecule has 0 atom stereocenters. The molecule has 4 heteroatoms. The van der Waals surface area contributed by atoms with Gasteiger partial charge in [0.25, 0.3) is 0 Å². The molecule has 0 radical (unpaired) electrons. The van der Waals surface area contributed by atoms with E-state index in [4.69, 9.17) is 0 Å². The summed E-state index contributed by atoms with van der Waals surface area (Å²) in [5, 5.41) is 2.70. The van der Waals surface area contributed by atoms with E-state index in [1.807, 2.05) is 0 Å². The molecule has 0 spiro atoms. The molecule has 1 N–H and O–H groups in total. The summed E-state index contributed by atoms with van der Waals surface area (Å²) < 4.78 is 12.9. The van der Waals surface area contributed by atoms with Gasteiger partial charge in [0.1, 0.15) is 5.82 Å². The third kappa shape index (κ3) is 2.76. The van der Waals surface area contributed by atoms with Crippen molar-refractivity contribution in [3.05, 3.63) is 30.1 Å². The molecule has 0 aliphatic heterocycles. The summed E-state index contributed by atoms with van der Waals surface area (Å²) >= 11 is 4.24. The first-order valence-electron chi connectivity index (χ1n) is 5.30. The maximum Gasteiger partial charge on any atom is 0.224 e. The van der Waals surface area contributed by atoms with E-state index in [1.54, 1.807) is 12.1 Å². The second kappa shape index (κ2) is 4.45.